The van der Waals surface area contributed by atoms with Crippen molar-refractivity contribution in [2.24, 2.45) is 0 Å². The molecule has 1 atom stereocenters. The lowest BCUT2D eigenvalue weighted by atomic mass is 10.0. The molecule has 0 aliphatic heterocycles. The van der Waals surface area contributed by atoms with Crippen LogP contribution < -0.4 is 0 Å². The summed E-state index contributed by atoms with van der Waals surface area (Å²) in [5.74, 6) is -0.854. The smallest absolute Gasteiger partial charge is 0.306 e. The van der Waals surface area contributed by atoms with Crippen molar-refractivity contribution >= 4 is 17.9 Å². The molecule has 0 aromatic rings. The lowest BCUT2D eigenvalue weighted by Gasteiger charge is -2.18. The summed E-state index contributed by atoms with van der Waals surface area (Å²) < 4.78 is 17.0. The van der Waals surface area contributed by atoms with Crippen LogP contribution in [0, 0.1) is 0 Å². The number of esters is 3. The predicted octanol–water partition coefficient (Wildman–Crippen LogP) is 24.6. The lowest BCUT2D eigenvalue weighted by molar-refractivity contribution is -0.167. The summed E-state index contributed by atoms with van der Waals surface area (Å²) in [5, 5.41) is 0. The zero-order valence-corrected chi connectivity index (χ0v) is 54.5. The van der Waals surface area contributed by atoms with E-state index in [1.807, 2.05) is 0 Å². The van der Waals surface area contributed by atoms with Crippen LogP contribution in [-0.2, 0) is 28.6 Å². The summed E-state index contributed by atoms with van der Waals surface area (Å²) in [4.78, 5) is 38.3. The van der Waals surface area contributed by atoms with E-state index in [0.717, 1.165) is 103 Å². The average Bonchev–Trinajstić information content (AvgIpc) is 3.48. The van der Waals surface area contributed by atoms with Crippen LogP contribution in [0.3, 0.4) is 0 Å². The number of carbonyl (C=O) groups excluding carboxylic acids is 3. The average molecular weight is 1140 g/mol. The van der Waals surface area contributed by atoms with E-state index in [1.165, 1.54) is 218 Å². The van der Waals surface area contributed by atoms with Crippen molar-refractivity contribution in [3.05, 3.63) is 85.1 Å². The molecule has 0 aliphatic carbocycles. The van der Waals surface area contributed by atoms with E-state index in [-0.39, 0.29) is 31.1 Å². The van der Waals surface area contributed by atoms with Gasteiger partial charge in [0.2, 0.25) is 0 Å². The van der Waals surface area contributed by atoms with E-state index in [2.05, 4.69) is 106 Å². The lowest BCUT2D eigenvalue weighted by Crippen LogP contribution is -2.30. The SMILES string of the molecule is CC/C=C\C/C=C\C/C=C\C/C=C\C/C=C\C/C=C\C/C=C\CCCCCCCCCCCCCC(=O)OCC(COC(=O)CCCCCCCCCCCC)OC(=O)CCCCCCCCCCCCCCCCCCCCCCC. The third-order valence-corrected chi connectivity index (χ3v) is 15.7. The van der Waals surface area contributed by atoms with Gasteiger partial charge in [0, 0.05) is 19.3 Å². The normalized spacial score (nSPS) is 12.6. The van der Waals surface area contributed by atoms with E-state index >= 15 is 0 Å². The highest BCUT2D eigenvalue weighted by Gasteiger charge is 2.19. The Labute approximate surface area is 509 Å². The van der Waals surface area contributed by atoms with Gasteiger partial charge < -0.3 is 14.2 Å². The van der Waals surface area contributed by atoms with Crippen LogP contribution in [0.25, 0.3) is 0 Å². The molecule has 0 fully saturated rings. The second kappa shape index (κ2) is 70.1. The Morgan fingerprint density at radius 2 is 0.476 bits per heavy atom. The molecule has 0 aromatic heterocycles. The fourth-order valence-electron chi connectivity index (χ4n) is 10.4. The summed E-state index contributed by atoms with van der Waals surface area (Å²) in [5.41, 5.74) is 0. The second-order valence-corrected chi connectivity index (χ2v) is 23.8. The molecule has 0 radical (unpaired) electrons. The van der Waals surface area contributed by atoms with Crippen LogP contribution in [0.1, 0.15) is 361 Å². The first-order valence-corrected chi connectivity index (χ1v) is 35.6. The molecule has 0 aliphatic rings. The van der Waals surface area contributed by atoms with Gasteiger partial charge in [0.15, 0.2) is 6.10 Å². The Bertz CT molecular complexity index is 1550. The number of allylic oxidation sites excluding steroid dienone is 14. The first-order valence-electron chi connectivity index (χ1n) is 35.6. The summed E-state index contributed by atoms with van der Waals surface area (Å²) in [7, 11) is 0. The summed E-state index contributed by atoms with van der Waals surface area (Å²) in [6, 6.07) is 0. The van der Waals surface area contributed by atoms with Crippen molar-refractivity contribution in [3.63, 3.8) is 0 Å². The van der Waals surface area contributed by atoms with Crippen LogP contribution in [0.5, 0.6) is 0 Å². The van der Waals surface area contributed by atoms with Crippen molar-refractivity contribution in [3.8, 4) is 0 Å². The highest BCUT2D eigenvalue weighted by Crippen LogP contribution is 2.18. The van der Waals surface area contributed by atoms with Crippen LogP contribution in [0.4, 0.5) is 0 Å². The topological polar surface area (TPSA) is 78.9 Å². The number of unbranched alkanes of at least 4 members (excludes halogenated alkanes) is 40. The molecule has 1 unspecified atom stereocenters. The van der Waals surface area contributed by atoms with Gasteiger partial charge in [0.25, 0.3) is 0 Å². The highest BCUT2D eigenvalue weighted by atomic mass is 16.6. The third kappa shape index (κ3) is 67.4. The Hall–Kier alpha value is -3.41. The predicted molar refractivity (Wildman–Crippen MR) is 358 cm³/mol. The molecule has 0 aromatic carbocycles. The van der Waals surface area contributed by atoms with Gasteiger partial charge in [-0.15, -0.1) is 0 Å². The number of hydrogen-bond donors (Lipinski definition) is 0. The molecule has 474 valence electrons. The van der Waals surface area contributed by atoms with E-state index in [9.17, 15) is 14.4 Å². The van der Waals surface area contributed by atoms with Crippen LogP contribution in [0.15, 0.2) is 85.1 Å². The van der Waals surface area contributed by atoms with E-state index in [4.69, 9.17) is 14.2 Å². The molecular formula is C76H134O6. The Kier molecular flexibility index (Phi) is 67.2. The number of ether oxygens (including phenoxy) is 3. The van der Waals surface area contributed by atoms with Crippen molar-refractivity contribution in [1.29, 1.82) is 0 Å². The maximum Gasteiger partial charge on any atom is 0.306 e. The molecule has 0 amide bonds. The zero-order valence-electron chi connectivity index (χ0n) is 54.5. The largest absolute Gasteiger partial charge is 0.462 e. The fourth-order valence-corrected chi connectivity index (χ4v) is 10.4. The highest BCUT2D eigenvalue weighted by molar-refractivity contribution is 5.71. The molecule has 0 rings (SSSR count). The summed E-state index contributed by atoms with van der Waals surface area (Å²) >= 11 is 0. The molecule has 0 spiro atoms. The monoisotopic (exact) mass is 1140 g/mol. The van der Waals surface area contributed by atoms with Gasteiger partial charge in [0.05, 0.1) is 0 Å². The second-order valence-electron chi connectivity index (χ2n) is 23.8. The first-order chi connectivity index (χ1) is 40.5. The molecule has 0 saturated heterocycles. The maximum absolute atomic E-state index is 12.9. The van der Waals surface area contributed by atoms with E-state index in [1.54, 1.807) is 0 Å². The molecule has 6 heteroatoms. The van der Waals surface area contributed by atoms with Crippen LogP contribution in [-0.4, -0.2) is 37.2 Å². The van der Waals surface area contributed by atoms with Crippen LogP contribution >= 0.6 is 0 Å². The third-order valence-electron chi connectivity index (χ3n) is 15.7. The van der Waals surface area contributed by atoms with Gasteiger partial charge in [-0.3, -0.25) is 14.4 Å². The van der Waals surface area contributed by atoms with E-state index < -0.39 is 6.10 Å². The standard InChI is InChI=1S/C76H134O6/c1-4-7-10-13-16-19-22-24-26-28-30-32-33-34-35-36-37-38-39-40-41-42-43-45-46-48-50-52-54-57-60-63-66-69-75(78)81-72-73(71-80-74(77)68-65-62-59-56-21-18-15-12-9-6-3)82-76(79)70-67-64-61-58-55-53-51-49-47-44-31-29-27-25-23-20-17-14-11-8-5-2/h7,10,16,19,24,26,30,32,34-35,37-38,40-41,73H,4-6,8-9,11-15,17-18,20-23,25,27-29,31,33,36,39,42-72H2,1-3H3/b10-7-,19-16-,26-24-,32-30-,35-34-,38-37-,41-40-. The van der Waals surface area contributed by atoms with Gasteiger partial charge in [-0.05, 0) is 77.0 Å². The summed E-state index contributed by atoms with van der Waals surface area (Å²) in [6.07, 6.45) is 93.3. The Morgan fingerprint density at radius 1 is 0.256 bits per heavy atom. The van der Waals surface area contributed by atoms with Crippen molar-refractivity contribution in [2.75, 3.05) is 13.2 Å². The van der Waals surface area contributed by atoms with Gasteiger partial charge in [-0.2, -0.15) is 0 Å². The number of rotatable bonds is 65. The van der Waals surface area contributed by atoms with Gasteiger partial charge in [-0.1, -0.05) is 350 Å². The first kappa shape index (κ1) is 78.6. The maximum atomic E-state index is 12.9. The quantitative estimate of drug-likeness (QED) is 0.0261. The Morgan fingerprint density at radius 3 is 0.744 bits per heavy atom. The Balaban J connectivity index is 4.16. The van der Waals surface area contributed by atoms with Gasteiger partial charge in [-0.25, -0.2) is 0 Å². The number of hydrogen-bond acceptors (Lipinski definition) is 6. The van der Waals surface area contributed by atoms with Gasteiger partial charge >= 0.3 is 17.9 Å². The number of carbonyl (C=O) groups is 3. The van der Waals surface area contributed by atoms with Crippen molar-refractivity contribution in [1.82, 2.24) is 0 Å². The summed E-state index contributed by atoms with van der Waals surface area (Å²) in [6.45, 7) is 6.56. The molecule has 0 bridgehead atoms. The minimum absolute atomic E-state index is 0.0709. The van der Waals surface area contributed by atoms with Crippen LogP contribution in [0.2, 0.25) is 0 Å². The minimum Gasteiger partial charge on any atom is -0.462 e. The molecular weight excluding hydrogens is 1010 g/mol. The molecule has 0 heterocycles. The van der Waals surface area contributed by atoms with Crippen molar-refractivity contribution in [2.45, 2.75) is 367 Å². The zero-order chi connectivity index (χ0) is 59.2. The van der Waals surface area contributed by atoms with E-state index in [0.29, 0.717) is 19.3 Å². The minimum atomic E-state index is -0.774. The molecule has 0 N–H and O–H groups in total. The molecule has 6 nitrogen and oxygen atoms in total. The molecule has 0 saturated carbocycles. The fraction of sp³-hybridized carbons (Fsp3) is 0.776. The van der Waals surface area contributed by atoms with Crippen molar-refractivity contribution < 1.29 is 28.6 Å². The van der Waals surface area contributed by atoms with Gasteiger partial charge in [0.1, 0.15) is 13.2 Å². The molecule has 82 heavy (non-hydrogen) atoms.